The normalized spacial score (nSPS) is 10.6. The standard InChI is InChI=1S/C34H35FN6O3/c1-5-8-18-44-27-11-9-10-25(21-27)28-16-17-36-34(39-28)40-30-20-23(22-41(4)7-3)19-29(32(30)35)38-33(43)24-12-14-26(15-13-24)37-31(42)6-2/h5-6,9-17,19-21H,1-2,7-8,18,22H2,3-4H3,(H,37,42)(H,38,43)(H,36,39,40). The topological polar surface area (TPSA) is 108 Å². The number of anilines is 4. The van der Waals surface area contributed by atoms with E-state index < -0.39 is 11.7 Å². The van der Waals surface area contributed by atoms with Crippen LogP contribution in [0.2, 0.25) is 0 Å². The highest BCUT2D eigenvalue weighted by atomic mass is 19.1. The fourth-order valence-corrected chi connectivity index (χ4v) is 4.18. The second-order valence-electron chi connectivity index (χ2n) is 9.90. The van der Waals surface area contributed by atoms with Gasteiger partial charge in [0.2, 0.25) is 11.9 Å². The Bertz CT molecular complexity index is 1640. The van der Waals surface area contributed by atoms with Crippen LogP contribution in [0.5, 0.6) is 5.75 Å². The first-order chi connectivity index (χ1) is 21.3. The van der Waals surface area contributed by atoms with Crippen molar-refractivity contribution >= 4 is 34.8 Å². The molecule has 44 heavy (non-hydrogen) atoms. The van der Waals surface area contributed by atoms with Gasteiger partial charge in [0.05, 0.1) is 23.7 Å². The summed E-state index contributed by atoms with van der Waals surface area (Å²) in [6, 6.07) is 18.8. The van der Waals surface area contributed by atoms with Crippen molar-refractivity contribution in [3.8, 4) is 17.0 Å². The van der Waals surface area contributed by atoms with Gasteiger partial charge in [0, 0.05) is 29.6 Å². The summed E-state index contributed by atoms with van der Waals surface area (Å²) in [7, 11) is 1.95. The fraction of sp³-hybridized carbons (Fsp3) is 0.176. The van der Waals surface area contributed by atoms with Crippen LogP contribution in [0.4, 0.5) is 27.4 Å². The van der Waals surface area contributed by atoms with Crippen molar-refractivity contribution in [2.75, 3.05) is 36.1 Å². The number of ether oxygens (including phenoxy) is 1. The van der Waals surface area contributed by atoms with Gasteiger partial charge in [0.1, 0.15) is 5.75 Å². The molecule has 3 aromatic carbocycles. The number of amides is 2. The van der Waals surface area contributed by atoms with Gasteiger partial charge >= 0.3 is 0 Å². The number of benzene rings is 3. The summed E-state index contributed by atoms with van der Waals surface area (Å²) in [5, 5.41) is 8.30. The van der Waals surface area contributed by atoms with E-state index in [9.17, 15) is 9.59 Å². The second kappa shape index (κ2) is 15.2. The second-order valence-corrected chi connectivity index (χ2v) is 9.90. The fourth-order valence-electron chi connectivity index (χ4n) is 4.18. The molecule has 0 bridgehead atoms. The molecule has 1 aromatic heterocycles. The zero-order chi connectivity index (χ0) is 31.5. The molecule has 4 rings (SSSR count). The molecule has 0 atom stereocenters. The third kappa shape index (κ3) is 8.59. The summed E-state index contributed by atoms with van der Waals surface area (Å²) < 4.78 is 21.6. The summed E-state index contributed by atoms with van der Waals surface area (Å²) in [4.78, 5) is 35.6. The van der Waals surface area contributed by atoms with Crippen LogP contribution in [-0.4, -0.2) is 46.9 Å². The summed E-state index contributed by atoms with van der Waals surface area (Å²) in [6.07, 6.45) is 5.27. The summed E-state index contributed by atoms with van der Waals surface area (Å²) in [5.41, 5.74) is 3.12. The number of rotatable bonds is 14. The molecule has 0 aliphatic heterocycles. The Labute approximate surface area is 256 Å². The lowest BCUT2D eigenvalue weighted by Gasteiger charge is -2.18. The lowest BCUT2D eigenvalue weighted by Crippen LogP contribution is -2.18. The van der Waals surface area contributed by atoms with Crippen molar-refractivity contribution in [1.82, 2.24) is 14.9 Å². The van der Waals surface area contributed by atoms with Gasteiger partial charge in [-0.2, -0.15) is 0 Å². The summed E-state index contributed by atoms with van der Waals surface area (Å²) in [6.45, 7) is 11.0. The molecule has 0 aliphatic rings. The molecular weight excluding hydrogens is 559 g/mol. The maximum atomic E-state index is 15.9. The molecule has 9 nitrogen and oxygen atoms in total. The van der Waals surface area contributed by atoms with Gasteiger partial charge in [-0.15, -0.1) is 6.58 Å². The molecule has 0 saturated carbocycles. The maximum absolute atomic E-state index is 15.9. The van der Waals surface area contributed by atoms with Crippen molar-refractivity contribution in [2.24, 2.45) is 0 Å². The Morgan fingerprint density at radius 2 is 1.80 bits per heavy atom. The van der Waals surface area contributed by atoms with Gasteiger partial charge in [-0.1, -0.05) is 31.7 Å². The van der Waals surface area contributed by atoms with E-state index in [1.165, 1.54) is 0 Å². The molecule has 0 saturated heterocycles. The van der Waals surface area contributed by atoms with Gasteiger partial charge < -0.3 is 25.6 Å². The average Bonchev–Trinajstić information content (AvgIpc) is 3.03. The minimum atomic E-state index is -0.664. The smallest absolute Gasteiger partial charge is 0.255 e. The first-order valence-electron chi connectivity index (χ1n) is 14.1. The van der Waals surface area contributed by atoms with E-state index in [1.807, 2.05) is 38.2 Å². The summed E-state index contributed by atoms with van der Waals surface area (Å²) >= 11 is 0. The Hall–Kier alpha value is -5.35. The van der Waals surface area contributed by atoms with Crippen LogP contribution in [0, 0.1) is 5.82 Å². The first-order valence-corrected chi connectivity index (χ1v) is 14.1. The average molecular weight is 595 g/mol. The Morgan fingerprint density at radius 3 is 2.52 bits per heavy atom. The van der Waals surface area contributed by atoms with Gasteiger partial charge in [-0.3, -0.25) is 9.59 Å². The molecule has 1 heterocycles. The highest BCUT2D eigenvalue weighted by Gasteiger charge is 2.17. The van der Waals surface area contributed by atoms with Gasteiger partial charge in [-0.05, 0) is 86.3 Å². The van der Waals surface area contributed by atoms with Crippen molar-refractivity contribution in [3.05, 3.63) is 115 Å². The van der Waals surface area contributed by atoms with Crippen molar-refractivity contribution in [3.63, 3.8) is 0 Å². The molecule has 4 aromatic rings. The molecule has 10 heteroatoms. The molecule has 0 spiro atoms. The van der Waals surface area contributed by atoms with Crippen LogP contribution in [0.3, 0.4) is 0 Å². The number of aromatic nitrogens is 2. The monoisotopic (exact) mass is 594 g/mol. The number of halogens is 1. The van der Waals surface area contributed by atoms with Crippen LogP contribution in [0.15, 0.2) is 98.2 Å². The van der Waals surface area contributed by atoms with E-state index in [0.717, 1.165) is 30.2 Å². The zero-order valence-corrected chi connectivity index (χ0v) is 24.8. The predicted octanol–water partition coefficient (Wildman–Crippen LogP) is 6.81. The van der Waals surface area contributed by atoms with E-state index in [-0.39, 0.29) is 23.2 Å². The van der Waals surface area contributed by atoms with Crippen LogP contribution >= 0.6 is 0 Å². The number of carbonyl (C=O) groups excluding carboxylic acids is 2. The number of carbonyl (C=O) groups is 2. The van der Waals surface area contributed by atoms with Crippen molar-refractivity contribution in [1.29, 1.82) is 0 Å². The number of hydrogen-bond donors (Lipinski definition) is 3. The number of nitrogens with zero attached hydrogens (tertiary/aromatic N) is 3. The van der Waals surface area contributed by atoms with E-state index in [1.54, 1.807) is 54.7 Å². The van der Waals surface area contributed by atoms with E-state index >= 15 is 4.39 Å². The molecular formula is C34H35FN6O3. The van der Waals surface area contributed by atoms with Gasteiger partial charge in [0.15, 0.2) is 5.82 Å². The number of hydrogen-bond acceptors (Lipinski definition) is 7. The first kappa shape index (κ1) is 31.6. The van der Waals surface area contributed by atoms with Crippen molar-refractivity contribution < 1.29 is 18.7 Å². The SMILES string of the molecule is C=CCCOc1cccc(-c2ccnc(Nc3cc(CN(C)CC)cc(NC(=O)c4ccc(NC(=O)C=C)cc4)c3F)n2)c1. The third-order valence-corrected chi connectivity index (χ3v) is 6.60. The minimum Gasteiger partial charge on any atom is -0.493 e. The minimum absolute atomic E-state index is 0.00377. The Kier molecular flexibility index (Phi) is 10.9. The van der Waals surface area contributed by atoms with Crippen LogP contribution in [-0.2, 0) is 11.3 Å². The van der Waals surface area contributed by atoms with E-state index in [2.05, 4.69) is 44.0 Å². The maximum Gasteiger partial charge on any atom is 0.255 e. The lowest BCUT2D eigenvalue weighted by molar-refractivity contribution is -0.111. The third-order valence-electron chi connectivity index (χ3n) is 6.60. The quantitative estimate of drug-likeness (QED) is 0.0836. The molecule has 0 aliphatic carbocycles. The summed E-state index contributed by atoms with van der Waals surface area (Å²) in [5.74, 6) is -0.648. The predicted molar refractivity (Wildman–Crippen MR) is 173 cm³/mol. The molecule has 0 fully saturated rings. The van der Waals surface area contributed by atoms with Crippen molar-refractivity contribution in [2.45, 2.75) is 19.9 Å². The van der Waals surface area contributed by atoms with Crippen LogP contribution in [0.25, 0.3) is 11.3 Å². The van der Waals surface area contributed by atoms with Gasteiger partial charge in [-0.25, -0.2) is 14.4 Å². The van der Waals surface area contributed by atoms with Gasteiger partial charge in [0.25, 0.3) is 5.91 Å². The zero-order valence-electron chi connectivity index (χ0n) is 24.8. The highest BCUT2D eigenvalue weighted by Crippen LogP contribution is 2.29. The van der Waals surface area contributed by atoms with E-state index in [4.69, 9.17) is 4.74 Å². The highest BCUT2D eigenvalue weighted by molar-refractivity contribution is 6.05. The molecule has 0 unspecified atom stereocenters. The largest absolute Gasteiger partial charge is 0.493 e. The lowest BCUT2D eigenvalue weighted by atomic mass is 10.1. The van der Waals surface area contributed by atoms with Crippen LogP contribution < -0.4 is 20.7 Å². The molecule has 226 valence electrons. The Balaban J connectivity index is 1.59. The molecule has 3 N–H and O–H groups in total. The van der Waals surface area contributed by atoms with Crippen LogP contribution in [0.1, 0.15) is 29.3 Å². The molecule has 2 amide bonds. The number of nitrogens with one attached hydrogen (secondary N) is 3. The molecule has 0 radical (unpaired) electrons. The Morgan fingerprint density at radius 1 is 1.02 bits per heavy atom. The van der Waals surface area contributed by atoms with E-state index in [0.29, 0.717) is 35.8 Å².